The Morgan fingerprint density at radius 1 is 1.08 bits per heavy atom. The van der Waals surface area contributed by atoms with Crippen molar-refractivity contribution in [3.8, 4) is 11.4 Å². The zero-order valence-electron chi connectivity index (χ0n) is 14.6. The van der Waals surface area contributed by atoms with E-state index in [1.807, 2.05) is 30.3 Å². The Bertz CT molecular complexity index is 824. The molecule has 0 atom stereocenters. The van der Waals surface area contributed by atoms with Crippen molar-refractivity contribution in [3.05, 3.63) is 54.5 Å². The summed E-state index contributed by atoms with van der Waals surface area (Å²) in [5, 5.41) is 8.98. The van der Waals surface area contributed by atoms with Gasteiger partial charge >= 0.3 is 0 Å². The van der Waals surface area contributed by atoms with E-state index in [1.165, 1.54) is 0 Å². The predicted molar refractivity (Wildman–Crippen MR) is 95.5 cm³/mol. The van der Waals surface area contributed by atoms with Crippen molar-refractivity contribution >= 4 is 5.95 Å². The minimum Gasteiger partial charge on any atom is -0.467 e. The summed E-state index contributed by atoms with van der Waals surface area (Å²) in [7, 11) is 0. The number of nitrogens with zero attached hydrogens (tertiary/aromatic N) is 4. The molecule has 0 saturated carbocycles. The summed E-state index contributed by atoms with van der Waals surface area (Å²) in [6, 6.07) is 14.0. The standard InChI is InChI=1S/C19H22N4O2/c1-19(2)14-22(10-12-25-19)18-21-20-17(15-7-4-3-5-8-15)23(18)13-16-9-6-11-24-16/h3-9,11H,10,12-14H2,1-2H3. The molecule has 6 nitrogen and oxygen atoms in total. The van der Waals surface area contributed by atoms with Crippen LogP contribution in [0.1, 0.15) is 19.6 Å². The van der Waals surface area contributed by atoms with Gasteiger partial charge in [-0.3, -0.25) is 4.57 Å². The van der Waals surface area contributed by atoms with E-state index in [0.717, 1.165) is 36.2 Å². The maximum atomic E-state index is 5.84. The molecule has 0 radical (unpaired) electrons. The zero-order chi connectivity index (χ0) is 17.3. The molecule has 1 aromatic carbocycles. The van der Waals surface area contributed by atoms with E-state index >= 15 is 0 Å². The first kappa shape index (κ1) is 15.9. The number of aromatic nitrogens is 3. The molecule has 130 valence electrons. The number of hydrogen-bond donors (Lipinski definition) is 0. The molecule has 0 spiro atoms. The van der Waals surface area contributed by atoms with Crippen LogP contribution in [0, 0.1) is 0 Å². The molecule has 0 aliphatic carbocycles. The summed E-state index contributed by atoms with van der Waals surface area (Å²) < 4.78 is 13.5. The SMILES string of the molecule is CC1(C)CN(c2nnc(-c3ccccc3)n2Cc2ccco2)CCO1. The van der Waals surface area contributed by atoms with Crippen LogP contribution in [0.3, 0.4) is 0 Å². The number of ether oxygens (including phenoxy) is 1. The molecule has 1 aliphatic heterocycles. The molecule has 0 unspecified atom stereocenters. The Morgan fingerprint density at radius 2 is 1.92 bits per heavy atom. The van der Waals surface area contributed by atoms with Crippen LogP contribution in [-0.4, -0.2) is 40.1 Å². The Kier molecular flexibility index (Phi) is 4.05. The molecule has 0 N–H and O–H groups in total. The third-order valence-corrected chi connectivity index (χ3v) is 4.37. The lowest BCUT2D eigenvalue weighted by Gasteiger charge is -2.38. The van der Waals surface area contributed by atoms with Gasteiger partial charge in [-0.05, 0) is 26.0 Å². The number of hydrogen-bond acceptors (Lipinski definition) is 5. The summed E-state index contributed by atoms with van der Waals surface area (Å²) >= 11 is 0. The van der Waals surface area contributed by atoms with Gasteiger partial charge in [0, 0.05) is 18.7 Å². The van der Waals surface area contributed by atoms with Crippen LogP contribution in [0.5, 0.6) is 0 Å². The van der Waals surface area contributed by atoms with Gasteiger partial charge < -0.3 is 14.1 Å². The van der Waals surface area contributed by atoms with Crippen molar-refractivity contribution < 1.29 is 9.15 Å². The fraction of sp³-hybridized carbons (Fsp3) is 0.368. The number of morpholine rings is 1. The molecule has 1 saturated heterocycles. The molecule has 1 aliphatic rings. The van der Waals surface area contributed by atoms with Gasteiger partial charge in [-0.15, -0.1) is 10.2 Å². The smallest absolute Gasteiger partial charge is 0.228 e. The normalized spacial score (nSPS) is 17.0. The lowest BCUT2D eigenvalue weighted by molar-refractivity contribution is -0.0283. The van der Waals surface area contributed by atoms with Crippen LogP contribution in [0.2, 0.25) is 0 Å². The quantitative estimate of drug-likeness (QED) is 0.731. The molecular formula is C19H22N4O2. The average molecular weight is 338 g/mol. The number of furan rings is 1. The molecule has 25 heavy (non-hydrogen) atoms. The Morgan fingerprint density at radius 3 is 2.64 bits per heavy atom. The maximum Gasteiger partial charge on any atom is 0.228 e. The first-order valence-electron chi connectivity index (χ1n) is 8.52. The van der Waals surface area contributed by atoms with Gasteiger partial charge in [0.05, 0.1) is 25.0 Å². The highest BCUT2D eigenvalue weighted by molar-refractivity contribution is 5.58. The molecule has 6 heteroatoms. The van der Waals surface area contributed by atoms with Crippen molar-refractivity contribution in [2.45, 2.75) is 26.0 Å². The van der Waals surface area contributed by atoms with E-state index in [0.29, 0.717) is 13.2 Å². The first-order chi connectivity index (χ1) is 12.1. The Labute approximate surface area is 147 Å². The highest BCUT2D eigenvalue weighted by Gasteiger charge is 2.30. The van der Waals surface area contributed by atoms with Crippen molar-refractivity contribution in [1.82, 2.24) is 14.8 Å². The summed E-state index contributed by atoms with van der Waals surface area (Å²) in [6.07, 6.45) is 1.69. The Balaban J connectivity index is 1.75. The third kappa shape index (κ3) is 3.30. The second kappa shape index (κ2) is 6.37. The minimum absolute atomic E-state index is 0.202. The fourth-order valence-corrected chi connectivity index (χ4v) is 3.22. The van der Waals surface area contributed by atoms with E-state index in [9.17, 15) is 0 Å². The number of anilines is 1. The van der Waals surface area contributed by atoms with Gasteiger partial charge in [0.2, 0.25) is 5.95 Å². The van der Waals surface area contributed by atoms with E-state index in [4.69, 9.17) is 9.15 Å². The van der Waals surface area contributed by atoms with Crippen LogP contribution in [-0.2, 0) is 11.3 Å². The van der Waals surface area contributed by atoms with Crippen LogP contribution in [0.25, 0.3) is 11.4 Å². The first-order valence-corrected chi connectivity index (χ1v) is 8.52. The van der Waals surface area contributed by atoms with Gasteiger partial charge in [-0.1, -0.05) is 30.3 Å². The average Bonchev–Trinajstić information content (AvgIpc) is 3.25. The topological polar surface area (TPSA) is 56.3 Å². The molecular weight excluding hydrogens is 316 g/mol. The summed E-state index contributed by atoms with van der Waals surface area (Å²) in [5.74, 6) is 2.58. The van der Waals surface area contributed by atoms with Gasteiger partial charge in [-0.2, -0.15) is 0 Å². The van der Waals surface area contributed by atoms with Crippen molar-refractivity contribution in [3.63, 3.8) is 0 Å². The van der Waals surface area contributed by atoms with Crippen LogP contribution in [0.4, 0.5) is 5.95 Å². The third-order valence-electron chi connectivity index (χ3n) is 4.37. The van der Waals surface area contributed by atoms with Gasteiger partial charge in [0.15, 0.2) is 5.82 Å². The van der Waals surface area contributed by atoms with Crippen molar-refractivity contribution in [2.75, 3.05) is 24.6 Å². The van der Waals surface area contributed by atoms with Crippen LogP contribution >= 0.6 is 0 Å². The van der Waals surface area contributed by atoms with Gasteiger partial charge in [0.1, 0.15) is 5.76 Å². The lowest BCUT2D eigenvalue weighted by atomic mass is 10.1. The summed E-state index contributed by atoms with van der Waals surface area (Å²) in [6.45, 7) is 7.06. The highest BCUT2D eigenvalue weighted by atomic mass is 16.5. The lowest BCUT2D eigenvalue weighted by Crippen LogP contribution is -2.49. The molecule has 3 heterocycles. The predicted octanol–water partition coefficient (Wildman–Crippen LogP) is 3.20. The number of benzene rings is 1. The van der Waals surface area contributed by atoms with Gasteiger partial charge in [0.25, 0.3) is 0 Å². The molecule has 0 amide bonds. The van der Waals surface area contributed by atoms with Crippen molar-refractivity contribution in [2.24, 2.45) is 0 Å². The zero-order valence-corrected chi connectivity index (χ0v) is 14.6. The second-order valence-corrected chi connectivity index (χ2v) is 6.88. The monoisotopic (exact) mass is 338 g/mol. The largest absolute Gasteiger partial charge is 0.467 e. The molecule has 0 bridgehead atoms. The number of rotatable bonds is 4. The second-order valence-electron chi connectivity index (χ2n) is 6.88. The van der Waals surface area contributed by atoms with E-state index < -0.39 is 0 Å². The summed E-state index contributed by atoms with van der Waals surface area (Å²) in [4.78, 5) is 2.24. The summed E-state index contributed by atoms with van der Waals surface area (Å²) in [5.41, 5.74) is 0.840. The van der Waals surface area contributed by atoms with Crippen molar-refractivity contribution in [1.29, 1.82) is 0 Å². The van der Waals surface area contributed by atoms with Crippen LogP contribution < -0.4 is 4.90 Å². The molecule has 1 fully saturated rings. The van der Waals surface area contributed by atoms with Gasteiger partial charge in [-0.25, -0.2) is 0 Å². The minimum atomic E-state index is -0.202. The molecule has 3 aromatic rings. The fourth-order valence-electron chi connectivity index (χ4n) is 3.22. The molecule has 4 rings (SSSR count). The molecule has 2 aromatic heterocycles. The van der Waals surface area contributed by atoms with Crippen LogP contribution in [0.15, 0.2) is 53.1 Å². The maximum absolute atomic E-state index is 5.84. The van der Waals surface area contributed by atoms with E-state index in [-0.39, 0.29) is 5.60 Å². The van der Waals surface area contributed by atoms with E-state index in [1.54, 1.807) is 6.26 Å². The highest BCUT2D eigenvalue weighted by Crippen LogP contribution is 2.27. The Hall–Kier alpha value is -2.60. The van der Waals surface area contributed by atoms with E-state index in [2.05, 4.69) is 45.6 Å².